The number of hydrogen-bond acceptors (Lipinski definition) is 2. The molecular weight excluding hydrogens is 313 g/mol. The van der Waals surface area contributed by atoms with Crippen LogP contribution in [0.3, 0.4) is 0 Å². The maximum Gasteiger partial charge on any atom is 0.127 e. The van der Waals surface area contributed by atoms with Crippen molar-refractivity contribution in [2.45, 2.75) is 18.8 Å². The SMILES string of the molecule is CC(CN)(Cc1cccs1)c1cc(Br)ccc1F. The summed E-state index contributed by atoms with van der Waals surface area (Å²) in [6, 6.07) is 9.10. The molecule has 0 radical (unpaired) electrons. The van der Waals surface area contributed by atoms with Crippen LogP contribution in [0.1, 0.15) is 17.4 Å². The topological polar surface area (TPSA) is 26.0 Å². The molecule has 0 spiro atoms. The fraction of sp³-hybridized carbons (Fsp3) is 0.286. The van der Waals surface area contributed by atoms with Crippen molar-refractivity contribution in [2.75, 3.05) is 6.54 Å². The van der Waals surface area contributed by atoms with E-state index in [4.69, 9.17) is 5.73 Å². The van der Waals surface area contributed by atoms with E-state index in [0.29, 0.717) is 12.1 Å². The van der Waals surface area contributed by atoms with Gasteiger partial charge in [0.05, 0.1) is 0 Å². The highest BCUT2D eigenvalue weighted by Gasteiger charge is 2.29. The molecular formula is C14H15BrFNS. The second kappa shape index (κ2) is 5.51. The molecule has 0 aliphatic heterocycles. The second-order valence-electron chi connectivity index (χ2n) is 4.65. The molecule has 2 N–H and O–H groups in total. The van der Waals surface area contributed by atoms with E-state index in [1.54, 1.807) is 17.4 Å². The van der Waals surface area contributed by atoms with Crippen LogP contribution in [0.15, 0.2) is 40.2 Å². The summed E-state index contributed by atoms with van der Waals surface area (Å²) in [5.41, 5.74) is 6.19. The lowest BCUT2D eigenvalue weighted by molar-refractivity contribution is 0.452. The lowest BCUT2D eigenvalue weighted by Crippen LogP contribution is -2.35. The minimum Gasteiger partial charge on any atom is -0.330 e. The Morgan fingerprint density at radius 3 is 2.78 bits per heavy atom. The van der Waals surface area contributed by atoms with Crippen molar-refractivity contribution in [2.24, 2.45) is 5.73 Å². The van der Waals surface area contributed by atoms with Gasteiger partial charge in [-0.2, -0.15) is 0 Å². The van der Waals surface area contributed by atoms with Gasteiger partial charge < -0.3 is 5.73 Å². The first kappa shape index (κ1) is 13.7. The standard InChI is InChI=1S/C14H15BrFNS/c1-14(9-17,8-11-3-2-6-18-11)12-7-10(15)4-5-13(12)16/h2-7H,8-9,17H2,1H3. The number of rotatable bonds is 4. The fourth-order valence-corrected chi connectivity index (χ4v) is 3.29. The predicted molar refractivity (Wildman–Crippen MR) is 78.5 cm³/mol. The quantitative estimate of drug-likeness (QED) is 0.898. The van der Waals surface area contributed by atoms with Gasteiger partial charge in [0.15, 0.2) is 0 Å². The van der Waals surface area contributed by atoms with E-state index in [9.17, 15) is 4.39 Å². The van der Waals surface area contributed by atoms with Gasteiger partial charge in [0.1, 0.15) is 5.82 Å². The van der Waals surface area contributed by atoms with Gasteiger partial charge in [-0.15, -0.1) is 11.3 Å². The van der Waals surface area contributed by atoms with Crippen LogP contribution in [0, 0.1) is 5.82 Å². The average molecular weight is 328 g/mol. The number of thiophene rings is 1. The van der Waals surface area contributed by atoms with Gasteiger partial charge in [0.25, 0.3) is 0 Å². The lowest BCUT2D eigenvalue weighted by atomic mass is 9.79. The van der Waals surface area contributed by atoms with Crippen LogP contribution >= 0.6 is 27.3 Å². The zero-order valence-corrected chi connectivity index (χ0v) is 12.5. The van der Waals surface area contributed by atoms with Crippen LogP contribution in [0.5, 0.6) is 0 Å². The molecule has 2 rings (SSSR count). The molecule has 0 amide bonds. The minimum absolute atomic E-state index is 0.192. The van der Waals surface area contributed by atoms with Crippen LogP contribution in [0.25, 0.3) is 0 Å². The molecule has 18 heavy (non-hydrogen) atoms. The van der Waals surface area contributed by atoms with Gasteiger partial charge in [0.2, 0.25) is 0 Å². The van der Waals surface area contributed by atoms with Crippen LogP contribution in [0.2, 0.25) is 0 Å². The third kappa shape index (κ3) is 2.82. The van der Waals surface area contributed by atoms with Crippen molar-refractivity contribution in [3.8, 4) is 0 Å². The normalized spacial score (nSPS) is 14.4. The zero-order chi connectivity index (χ0) is 13.2. The Morgan fingerprint density at radius 2 is 2.17 bits per heavy atom. The highest BCUT2D eigenvalue weighted by atomic mass is 79.9. The van der Waals surface area contributed by atoms with Gasteiger partial charge >= 0.3 is 0 Å². The molecule has 1 aromatic carbocycles. The maximum atomic E-state index is 14.0. The minimum atomic E-state index is -0.376. The molecule has 4 heteroatoms. The van der Waals surface area contributed by atoms with Crippen LogP contribution in [0.4, 0.5) is 4.39 Å². The van der Waals surface area contributed by atoms with E-state index in [0.717, 1.165) is 10.9 Å². The van der Waals surface area contributed by atoms with E-state index in [-0.39, 0.29) is 11.2 Å². The van der Waals surface area contributed by atoms with Crippen molar-refractivity contribution in [1.29, 1.82) is 0 Å². The summed E-state index contributed by atoms with van der Waals surface area (Å²) in [5.74, 6) is -0.192. The molecule has 0 saturated heterocycles. The molecule has 2 aromatic rings. The molecule has 1 atom stereocenters. The smallest absolute Gasteiger partial charge is 0.127 e. The van der Waals surface area contributed by atoms with E-state index in [1.165, 1.54) is 10.9 Å². The van der Waals surface area contributed by atoms with Crippen molar-refractivity contribution >= 4 is 27.3 Å². The molecule has 0 bridgehead atoms. The van der Waals surface area contributed by atoms with Crippen molar-refractivity contribution < 1.29 is 4.39 Å². The first-order valence-corrected chi connectivity index (χ1v) is 7.40. The monoisotopic (exact) mass is 327 g/mol. The van der Waals surface area contributed by atoms with Crippen LogP contribution in [-0.4, -0.2) is 6.54 Å². The third-order valence-electron chi connectivity index (χ3n) is 3.17. The first-order valence-electron chi connectivity index (χ1n) is 5.73. The Hall–Kier alpha value is -0.710. The van der Waals surface area contributed by atoms with E-state index >= 15 is 0 Å². The molecule has 0 aliphatic rings. The summed E-state index contributed by atoms with van der Waals surface area (Å²) in [7, 11) is 0. The van der Waals surface area contributed by atoms with Gasteiger partial charge in [0, 0.05) is 21.3 Å². The highest BCUT2D eigenvalue weighted by molar-refractivity contribution is 9.10. The first-order chi connectivity index (χ1) is 8.55. The van der Waals surface area contributed by atoms with Gasteiger partial charge in [-0.25, -0.2) is 4.39 Å². The molecule has 0 aliphatic carbocycles. The molecule has 0 fully saturated rings. The third-order valence-corrected chi connectivity index (χ3v) is 4.54. The Bertz CT molecular complexity index is 527. The molecule has 1 aromatic heterocycles. The summed E-state index contributed by atoms with van der Waals surface area (Å²) in [5, 5.41) is 2.03. The molecule has 1 unspecified atom stereocenters. The van der Waals surface area contributed by atoms with Gasteiger partial charge in [-0.1, -0.05) is 28.9 Å². The fourth-order valence-electron chi connectivity index (χ4n) is 2.04. The Labute approximate surface area is 119 Å². The van der Waals surface area contributed by atoms with Crippen molar-refractivity contribution in [3.63, 3.8) is 0 Å². The van der Waals surface area contributed by atoms with Crippen molar-refractivity contribution in [1.82, 2.24) is 0 Å². The maximum absolute atomic E-state index is 14.0. The second-order valence-corrected chi connectivity index (χ2v) is 6.59. The number of benzene rings is 1. The summed E-state index contributed by atoms with van der Waals surface area (Å²) in [6.07, 6.45) is 0.758. The summed E-state index contributed by atoms with van der Waals surface area (Å²) in [6.45, 7) is 2.43. The van der Waals surface area contributed by atoms with Gasteiger partial charge in [-0.05, 0) is 41.6 Å². The highest BCUT2D eigenvalue weighted by Crippen LogP contribution is 2.32. The largest absolute Gasteiger partial charge is 0.330 e. The molecule has 1 nitrogen and oxygen atoms in total. The Kier molecular flexibility index (Phi) is 4.20. The summed E-state index contributed by atoms with van der Waals surface area (Å²) < 4.78 is 14.9. The summed E-state index contributed by atoms with van der Waals surface area (Å²) >= 11 is 5.07. The number of hydrogen-bond donors (Lipinski definition) is 1. The van der Waals surface area contributed by atoms with Crippen molar-refractivity contribution in [3.05, 3.63) is 56.4 Å². The average Bonchev–Trinajstić information content (AvgIpc) is 2.84. The van der Waals surface area contributed by atoms with Crippen LogP contribution < -0.4 is 5.73 Å². The summed E-state index contributed by atoms with van der Waals surface area (Å²) in [4.78, 5) is 1.22. The number of halogens is 2. The number of nitrogens with two attached hydrogens (primary N) is 1. The van der Waals surface area contributed by atoms with E-state index < -0.39 is 0 Å². The molecule has 0 saturated carbocycles. The van der Waals surface area contributed by atoms with Gasteiger partial charge in [-0.3, -0.25) is 0 Å². The van der Waals surface area contributed by atoms with E-state index in [1.807, 2.05) is 24.4 Å². The Balaban J connectivity index is 2.39. The van der Waals surface area contributed by atoms with Crippen LogP contribution in [-0.2, 0) is 11.8 Å². The Morgan fingerprint density at radius 1 is 1.39 bits per heavy atom. The predicted octanol–water partition coefficient (Wildman–Crippen LogP) is 4.11. The van der Waals surface area contributed by atoms with E-state index in [2.05, 4.69) is 22.0 Å². The molecule has 96 valence electrons. The lowest BCUT2D eigenvalue weighted by Gasteiger charge is -2.28. The molecule has 1 heterocycles. The zero-order valence-electron chi connectivity index (χ0n) is 10.1.